The number of rotatable bonds is 4. The molecular weight excluding hydrogens is 246 g/mol. The smallest absolute Gasteiger partial charge is 0.169 e. The SMILES string of the molecule is CCC1(C(=O)c2ccccc2C2CCC2)CCNCC1. The third kappa shape index (κ3) is 2.31. The first kappa shape index (κ1) is 13.8. The number of carbonyl (C=O) groups excluding carboxylic acids is 1. The highest BCUT2D eigenvalue weighted by atomic mass is 16.1. The van der Waals surface area contributed by atoms with Gasteiger partial charge in [0, 0.05) is 11.0 Å². The molecule has 0 unspecified atom stereocenters. The summed E-state index contributed by atoms with van der Waals surface area (Å²) < 4.78 is 0. The molecule has 1 aromatic carbocycles. The molecule has 1 N–H and O–H groups in total. The third-order valence-corrected chi connectivity index (χ3v) is 5.47. The van der Waals surface area contributed by atoms with Crippen LogP contribution in [0.2, 0.25) is 0 Å². The first-order valence-electron chi connectivity index (χ1n) is 8.11. The number of hydrogen-bond acceptors (Lipinski definition) is 2. The van der Waals surface area contributed by atoms with Gasteiger partial charge in [0.15, 0.2) is 5.78 Å². The lowest BCUT2D eigenvalue weighted by Crippen LogP contribution is -2.42. The minimum absolute atomic E-state index is 0.120. The van der Waals surface area contributed by atoms with Crippen LogP contribution < -0.4 is 5.32 Å². The zero-order valence-corrected chi connectivity index (χ0v) is 12.5. The molecule has 1 aliphatic carbocycles. The molecule has 3 rings (SSSR count). The fraction of sp³-hybridized carbons (Fsp3) is 0.611. The topological polar surface area (TPSA) is 29.1 Å². The van der Waals surface area contributed by atoms with E-state index in [0.29, 0.717) is 11.7 Å². The largest absolute Gasteiger partial charge is 0.317 e. The molecular formula is C18H25NO. The van der Waals surface area contributed by atoms with Gasteiger partial charge in [0.25, 0.3) is 0 Å². The summed E-state index contributed by atoms with van der Waals surface area (Å²) in [5.41, 5.74) is 2.21. The van der Waals surface area contributed by atoms with Gasteiger partial charge in [-0.15, -0.1) is 0 Å². The van der Waals surface area contributed by atoms with Gasteiger partial charge < -0.3 is 5.32 Å². The third-order valence-electron chi connectivity index (χ3n) is 5.47. The fourth-order valence-corrected chi connectivity index (χ4v) is 3.71. The monoisotopic (exact) mass is 271 g/mol. The normalized spacial score (nSPS) is 22.2. The summed E-state index contributed by atoms with van der Waals surface area (Å²) in [5, 5.41) is 3.39. The van der Waals surface area contributed by atoms with Crippen LogP contribution in [0.25, 0.3) is 0 Å². The maximum atomic E-state index is 13.2. The van der Waals surface area contributed by atoms with E-state index in [1.165, 1.54) is 24.8 Å². The molecule has 108 valence electrons. The molecule has 1 aromatic rings. The molecule has 0 bridgehead atoms. The Bertz CT molecular complexity index is 484. The van der Waals surface area contributed by atoms with Crippen LogP contribution >= 0.6 is 0 Å². The fourth-order valence-electron chi connectivity index (χ4n) is 3.71. The second-order valence-corrected chi connectivity index (χ2v) is 6.43. The van der Waals surface area contributed by atoms with Crippen molar-refractivity contribution in [1.82, 2.24) is 5.32 Å². The number of Topliss-reactive ketones (excluding diaryl/α,β-unsaturated/α-hetero) is 1. The Hall–Kier alpha value is -1.15. The molecule has 1 saturated heterocycles. The summed E-state index contributed by atoms with van der Waals surface area (Å²) in [6.45, 7) is 4.13. The Balaban J connectivity index is 1.93. The first-order chi connectivity index (χ1) is 9.77. The molecule has 0 spiro atoms. The summed E-state index contributed by atoms with van der Waals surface area (Å²) in [6.07, 6.45) is 6.77. The van der Waals surface area contributed by atoms with E-state index in [1.807, 2.05) is 6.07 Å². The Labute approximate surface area is 122 Å². The number of piperidine rings is 1. The van der Waals surface area contributed by atoms with Gasteiger partial charge in [-0.2, -0.15) is 0 Å². The number of benzene rings is 1. The Morgan fingerprint density at radius 2 is 1.95 bits per heavy atom. The van der Waals surface area contributed by atoms with E-state index >= 15 is 0 Å². The van der Waals surface area contributed by atoms with Crippen molar-refractivity contribution >= 4 is 5.78 Å². The van der Waals surface area contributed by atoms with E-state index in [-0.39, 0.29) is 5.41 Å². The number of ketones is 1. The van der Waals surface area contributed by atoms with Crippen molar-refractivity contribution < 1.29 is 4.79 Å². The van der Waals surface area contributed by atoms with Crippen molar-refractivity contribution in [2.75, 3.05) is 13.1 Å². The van der Waals surface area contributed by atoms with Gasteiger partial charge in [0.1, 0.15) is 0 Å². The predicted octanol–water partition coefficient (Wildman–Crippen LogP) is 3.92. The molecule has 0 radical (unpaired) electrons. The van der Waals surface area contributed by atoms with Crippen LogP contribution in [0.4, 0.5) is 0 Å². The van der Waals surface area contributed by atoms with E-state index in [1.54, 1.807) is 0 Å². The summed E-state index contributed by atoms with van der Waals surface area (Å²) in [5.74, 6) is 1.04. The first-order valence-corrected chi connectivity index (χ1v) is 8.11. The van der Waals surface area contributed by atoms with Crippen LogP contribution in [0, 0.1) is 5.41 Å². The minimum atomic E-state index is -0.120. The van der Waals surface area contributed by atoms with Crippen LogP contribution in [-0.4, -0.2) is 18.9 Å². The van der Waals surface area contributed by atoms with Gasteiger partial charge in [-0.1, -0.05) is 37.6 Å². The molecule has 0 aromatic heterocycles. The Morgan fingerprint density at radius 3 is 2.55 bits per heavy atom. The van der Waals surface area contributed by atoms with Gasteiger partial charge in [0.05, 0.1) is 0 Å². The Kier molecular flexibility index (Phi) is 3.93. The van der Waals surface area contributed by atoms with E-state index < -0.39 is 0 Å². The van der Waals surface area contributed by atoms with Crippen LogP contribution in [0.5, 0.6) is 0 Å². The molecule has 1 aliphatic heterocycles. The molecule has 2 heteroatoms. The molecule has 1 saturated carbocycles. The highest BCUT2D eigenvalue weighted by molar-refractivity contribution is 6.02. The lowest BCUT2D eigenvalue weighted by molar-refractivity contribution is 0.0715. The van der Waals surface area contributed by atoms with Crippen LogP contribution in [0.1, 0.15) is 67.3 Å². The molecule has 0 amide bonds. The lowest BCUT2D eigenvalue weighted by Gasteiger charge is -2.37. The van der Waals surface area contributed by atoms with E-state index in [2.05, 4.69) is 30.4 Å². The Morgan fingerprint density at radius 1 is 1.25 bits per heavy atom. The maximum absolute atomic E-state index is 13.2. The maximum Gasteiger partial charge on any atom is 0.169 e. The number of hydrogen-bond donors (Lipinski definition) is 1. The van der Waals surface area contributed by atoms with Crippen molar-refractivity contribution in [3.05, 3.63) is 35.4 Å². The molecule has 2 fully saturated rings. The van der Waals surface area contributed by atoms with Crippen molar-refractivity contribution in [1.29, 1.82) is 0 Å². The highest BCUT2D eigenvalue weighted by Gasteiger charge is 2.39. The minimum Gasteiger partial charge on any atom is -0.317 e. The lowest BCUT2D eigenvalue weighted by atomic mass is 9.68. The summed E-state index contributed by atoms with van der Waals surface area (Å²) >= 11 is 0. The molecule has 2 aliphatic rings. The standard InChI is InChI=1S/C18H25NO/c1-2-18(10-12-19-13-11-18)17(20)16-9-4-3-8-15(16)14-6-5-7-14/h3-4,8-9,14,19H,2,5-7,10-13H2,1H3. The van der Waals surface area contributed by atoms with E-state index in [0.717, 1.165) is 37.9 Å². The molecule has 20 heavy (non-hydrogen) atoms. The zero-order chi connectivity index (χ0) is 14.0. The second-order valence-electron chi connectivity index (χ2n) is 6.43. The summed E-state index contributed by atoms with van der Waals surface area (Å²) in [6, 6.07) is 8.36. The van der Waals surface area contributed by atoms with E-state index in [4.69, 9.17) is 0 Å². The van der Waals surface area contributed by atoms with Crippen molar-refractivity contribution in [2.24, 2.45) is 5.41 Å². The summed E-state index contributed by atoms with van der Waals surface area (Å²) in [4.78, 5) is 13.2. The van der Waals surface area contributed by atoms with Crippen molar-refractivity contribution in [3.8, 4) is 0 Å². The number of nitrogens with one attached hydrogen (secondary N) is 1. The van der Waals surface area contributed by atoms with Gasteiger partial charge in [0.2, 0.25) is 0 Å². The molecule has 1 heterocycles. The zero-order valence-electron chi connectivity index (χ0n) is 12.5. The average molecular weight is 271 g/mol. The predicted molar refractivity (Wildman–Crippen MR) is 82.2 cm³/mol. The summed E-state index contributed by atoms with van der Waals surface area (Å²) in [7, 11) is 0. The van der Waals surface area contributed by atoms with Gasteiger partial charge in [-0.3, -0.25) is 4.79 Å². The van der Waals surface area contributed by atoms with E-state index in [9.17, 15) is 4.79 Å². The van der Waals surface area contributed by atoms with Gasteiger partial charge in [-0.05, 0) is 56.7 Å². The quantitative estimate of drug-likeness (QED) is 0.841. The molecule has 2 nitrogen and oxygen atoms in total. The van der Waals surface area contributed by atoms with Gasteiger partial charge in [-0.25, -0.2) is 0 Å². The molecule has 0 atom stereocenters. The van der Waals surface area contributed by atoms with Crippen LogP contribution in [0.15, 0.2) is 24.3 Å². The second kappa shape index (κ2) is 5.69. The van der Waals surface area contributed by atoms with Crippen LogP contribution in [-0.2, 0) is 0 Å². The van der Waals surface area contributed by atoms with Crippen molar-refractivity contribution in [2.45, 2.75) is 51.4 Å². The van der Waals surface area contributed by atoms with Crippen LogP contribution in [0.3, 0.4) is 0 Å². The number of carbonyl (C=O) groups is 1. The highest BCUT2D eigenvalue weighted by Crippen LogP contribution is 2.42. The van der Waals surface area contributed by atoms with Gasteiger partial charge >= 0.3 is 0 Å². The average Bonchev–Trinajstić information content (AvgIpc) is 2.46. The van der Waals surface area contributed by atoms with Crippen molar-refractivity contribution in [3.63, 3.8) is 0 Å².